The van der Waals surface area contributed by atoms with E-state index in [1.165, 1.54) is 38.4 Å². The number of hydrogen-bond acceptors (Lipinski definition) is 5. The van der Waals surface area contributed by atoms with E-state index in [0.717, 1.165) is 102 Å². The molecule has 76 heavy (non-hydrogen) atoms. The molecule has 7 heteroatoms. The lowest BCUT2D eigenvalue weighted by Crippen LogP contribution is -2.24. The first kappa shape index (κ1) is 42.4. The Labute approximate surface area is 438 Å². The minimum absolute atomic E-state index is 0.516. The summed E-state index contributed by atoms with van der Waals surface area (Å²) in [6, 6.07) is 83.0. The molecular weight excluding hydrogens is 927 g/mol. The van der Waals surface area contributed by atoms with Crippen molar-refractivity contribution in [3.8, 4) is 56.1 Å². The highest BCUT2D eigenvalue weighted by Gasteiger charge is 2.35. The van der Waals surface area contributed by atoms with Gasteiger partial charge in [0.05, 0.1) is 56.2 Å². The highest BCUT2D eigenvalue weighted by Crippen LogP contribution is 2.54. The maximum absolute atomic E-state index is 5.76. The van der Waals surface area contributed by atoms with Crippen LogP contribution in [0.2, 0.25) is 0 Å². The molecule has 0 atom stereocenters. The number of rotatable bonds is 7. The molecule has 3 aliphatic rings. The van der Waals surface area contributed by atoms with Crippen LogP contribution in [0.1, 0.15) is 18.4 Å². The van der Waals surface area contributed by atoms with Gasteiger partial charge < -0.3 is 9.13 Å². The van der Waals surface area contributed by atoms with Gasteiger partial charge in [0.25, 0.3) is 0 Å². The second-order valence-corrected chi connectivity index (χ2v) is 19.9. The Kier molecular flexibility index (Phi) is 9.32. The third-order valence-electron chi connectivity index (χ3n) is 15.6. The number of aromatic nitrogens is 5. The van der Waals surface area contributed by atoms with Gasteiger partial charge in [-0.15, -0.1) is 0 Å². The second kappa shape index (κ2) is 16.7. The highest BCUT2D eigenvalue weighted by atomic mass is 15.4. The Hall–Kier alpha value is -10.1. The summed E-state index contributed by atoms with van der Waals surface area (Å²) in [4.78, 5) is 21.4. The van der Waals surface area contributed by atoms with E-state index in [4.69, 9.17) is 15.0 Å². The van der Waals surface area contributed by atoms with Crippen LogP contribution in [0, 0.1) is 0 Å². The molecule has 0 saturated carbocycles. The van der Waals surface area contributed by atoms with Crippen molar-refractivity contribution in [2.24, 2.45) is 0 Å². The summed E-state index contributed by atoms with van der Waals surface area (Å²) in [6.45, 7) is 0. The van der Waals surface area contributed by atoms with E-state index in [1.54, 1.807) is 0 Å². The first-order chi connectivity index (χ1) is 37.7. The van der Waals surface area contributed by atoms with Crippen LogP contribution in [0.5, 0.6) is 0 Å². The fraction of sp³-hybridized carbons (Fsp3) is 0.0290. The molecule has 0 amide bonds. The Bertz CT molecular complexity index is 4570. The number of nitrogens with zero attached hydrogens (tertiary/aromatic N) is 7. The first-order valence-electron chi connectivity index (χ1n) is 26.1. The van der Waals surface area contributed by atoms with Gasteiger partial charge in [-0.3, -0.25) is 9.80 Å². The lowest BCUT2D eigenvalue weighted by atomic mass is 9.97. The van der Waals surface area contributed by atoms with Gasteiger partial charge in [0.15, 0.2) is 5.82 Å². The maximum Gasteiger partial charge on any atom is 0.240 e. The molecule has 0 bridgehead atoms. The molecule has 5 heterocycles. The third-order valence-corrected chi connectivity index (χ3v) is 15.6. The van der Waals surface area contributed by atoms with Crippen molar-refractivity contribution in [1.82, 2.24) is 24.1 Å². The molecule has 0 spiro atoms. The predicted molar refractivity (Wildman–Crippen MR) is 313 cm³/mol. The molecule has 1 aliphatic carbocycles. The molecule has 13 aromatic rings. The molecule has 0 fully saturated rings. The minimum Gasteiger partial charge on any atom is -0.305 e. The number of allylic oxidation sites excluding steroid dienone is 4. The summed E-state index contributed by atoms with van der Waals surface area (Å²) >= 11 is 0. The standard InChI is InChI=1S/C69H45N7/c1-6-20-44(21-7-1)49-34-36-57-53(38-49)55-40-51(46-24-10-3-11-25-46)42-63-65(55)73(57)59-30-16-18-32-61(59)75(63)68-70-67(48-28-14-5-15-29-48)71-69(72-68)76-62-33-19-17-31-60(62)74-58-37-35-50(45-22-8-2-9-23-45)39-54(58)56-41-52(43-64(76)66(56)74)47-26-12-4-13-27-47/h1,3-8,10-43H,2,9H2. The zero-order valence-corrected chi connectivity index (χ0v) is 41.2. The third kappa shape index (κ3) is 6.45. The van der Waals surface area contributed by atoms with E-state index < -0.39 is 0 Å². The summed E-state index contributed by atoms with van der Waals surface area (Å²) in [7, 11) is 0. The van der Waals surface area contributed by atoms with E-state index >= 15 is 0 Å². The van der Waals surface area contributed by atoms with E-state index in [1.807, 2.05) is 6.07 Å². The van der Waals surface area contributed by atoms with Crippen molar-refractivity contribution >= 4 is 83.8 Å². The zero-order valence-electron chi connectivity index (χ0n) is 41.2. The fourth-order valence-electron chi connectivity index (χ4n) is 12.2. The molecule has 0 unspecified atom stereocenters. The van der Waals surface area contributed by atoms with Crippen molar-refractivity contribution < 1.29 is 0 Å². The summed E-state index contributed by atoms with van der Waals surface area (Å²) in [5.41, 5.74) is 20.7. The number of anilines is 6. The van der Waals surface area contributed by atoms with Crippen LogP contribution < -0.4 is 9.80 Å². The average molecular weight is 972 g/mol. The number of para-hydroxylation sites is 4. The summed E-state index contributed by atoms with van der Waals surface area (Å²) in [6.07, 6.45) is 9.04. The number of hydrogen-bond donors (Lipinski definition) is 0. The van der Waals surface area contributed by atoms with Gasteiger partial charge in [-0.25, -0.2) is 0 Å². The van der Waals surface area contributed by atoms with Crippen molar-refractivity contribution in [1.29, 1.82) is 0 Å². The molecular formula is C69H45N7. The number of benzene rings is 10. The second-order valence-electron chi connectivity index (χ2n) is 19.9. The molecule has 16 rings (SSSR count). The molecule has 356 valence electrons. The van der Waals surface area contributed by atoms with E-state index in [0.29, 0.717) is 17.7 Å². The van der Waals surface area contributed by atoms with Crippen molar-refractivity contribution in [2.75, 3.05) is 9.80 Å². The van der Waals surface area contributed by atoms with Crippen LogP contribution in [0.15, 0.2) is 249 Å². The topological polar surface area (TPSA) is 55.0 Å². The number of fused-ring (bicyclic) bond motifs is 10. The van der Waals surface area contributed by atoms with Crippen molar-refractivity contribution in [2.45, 2.75) is 12.8 Å². The van der Waals surface area contributed by atoms with E-state index in [2.05, 4.69) is 262 Å². The Morgan fingerprint density at radius 1 is 0.303 bits per heavy atom. The molecule has 3 aromatic heterocycles. The van der Waals surface area contributed by atoms with Gasteiger partial charge in [0.2, 0.25) is 11.9 Å². The zero-order chi connectivity index (χ0) is 49.8. The van der Waals surface area contributed by atoms with Crippen LogP contribution in [0.25, 0.3) is 105 Å². The predicted octanol–water partition coefficient (Wildman–Crippen LogP) is 18.0. The highest BCUT2D eigenvalue weighted by molar-refractivity contribution is 6.20. The van der Waals surface area contributed by atoms with Crippen LogP contribution in [-0.2, 0) is 0 Å². The summed E-state index contributed by atoms with van der Waals surface area (Å²) in [5, 5.41) is 4.69. The van der Waals surface area contributed by atoms with Gasteiger partial charge in [-0.05, 0) is 130 Å². The van der Waals surface area contributed by atoms with Gasteiger partial charge in [0.1, 0.15) is 0 Å². The van der Waals surface area contributed by atoms with E-state index in [9.17, 15) is 0 Å². The molecule has 0 saturated heterocycles. The fourth-order valence-corrected chi connectivity index (χ4v) is 12.2. The SMILES string of the molecule is C1=CC(c2ccc3c(c2)c2cc(-c4ccccc4)cc4c2n3-c2ccccc2N4c2nc(-c3ccccc3)nc(N3c4ccccc4-n4c5ccc(-c6ccccc6)cc5c5cc(-c6ccccc6)cc3c54)n2)=CCC1. The van der Waals surface area contributed by atoms with Crippen molar-refractivity contribution in [3.63, 3.8) is 0 Å². The molecule has 7 nitrogen and oxygen atoms in total. The minimum atomic E-state index is 0.516. The van der Waals surface area contributed by atoms with Crippen LogP contribution in [0.3, 0.4) is 0 Å². The normalized spacial score (nSPS) is 13.4. The largest absolute Gasteiger partial charge is 0.305 e. The van der Waals surface area contributed by atoms with E-state index in [-0.39, 0.29) is 0 Å². The molecule has 10 aromatic carbocycles. The Morgan fingerprint density at radius 3 is 1.21 bits per heavy atom. The lowest BCUT2D eigenvalue weighted by molar-refractivity contribution is 0.970. The summed E-state index contributed by atoms with van der Waals surface area (Å²) in [5.74, 6) is 1.61. The summed E-state index contributed by atoms with van der Waals surface area (Å²) < 4.78 is 4.89. The molecule has 0 N–H and O–H groups in total. The van der Waals surface area contributed by atoms with Gasteiger partial charge in [-0.2, -0.15) is 15.0 Å². The van der Waals surface area contributed by atoms with Gasteiger partial charge in [-0.1, -0.05) is 176 Å². The smallest absolute Gasteiger partial charge is 0.240 e. The lowest BCUT2D eigenvalue weighted by Gasteiger charge is -2.34. The first-order valence-corrected chi connectivity index (χ1v) is 26.1. The average Bonchev–Trinajstić information content (AvgIpc) is 4.02. The van der Waals surface area contributed by atoms with Gasteiger partial charge in [0, 0.05) is 27.1 Å². The van der Waals surface area contributed by atoms with Crippen LogP contribution in [0.4, 0.5) is 34.6 Å². The quantitative estimate of drug-likeness (QED) is 0.159. The van der Waals surface area contributed by atoms with Gasteiger partial charge >= 0.3 is 0 Å². The molecule has 2 aliphatic heterocycles. The maximum atomic E-state index is 5.76. The Morgan fingerprint density at radius 2 is 0.724 bits per heavy atom. The molecule has 0 radical (unpaired) electrons. The Balaban J connectivity index is 0.989. The van der Waals surface area contributed by atoms with Crippen LogP contribution >= 0.6 is 0 Å². The monoisotopic (exact) mass is 971 g/mol. The van der Waals surface area contributed by atoms with Crippen molar-refractivity contribution in [3.05, 3.63) is 254 Å². The van der Waals surface area contributed by atoms with Crippen LogP contribution in [-0.4, -0.2) is 24.1 Å².